The van der Waals surface area contributed by atoms with Crippen LogP contribution in [0.25, 0.3) is 0 Å². The van der Waals surface area contributed by atoms with Crippen molar-refractivity contribution in [1.29, 1.82) is 0 Å². The minimum atomic E-state index is 0.261. The standard InChI is InChI=1S/C10H16N2O2S/c11-10(12-13)4-1-6-14-7-5-9-3-2-8-15-9/h2-3,8,13H,1,4-7H2,(H2,11,12). The minimum absolute atomic E-state index is 0.261. The maximum atomic E-state index is 8.29. The lowest BCUT2D eigenvalue weighted by Crippen LogP contribution is -2.12. The van der Waals surface area contributed by atoms with E-state index in [1.807, 2.05) is 6.07 Å². The summed E-state index contributed by atoms with van der Waals surface area (Å²) in [6, 6.07) is 4.14. The number of nitrogens with two attached hydrogens (primary N) is 1. The van der Waals surface area contributed by atoms with Crippen LogP contribution in [0.2, 0.25) is 0 Å². The van der Waals surface area contributed by atoms with Gasteiger partial charge in [-0.2, -0.15) is 0 Å². The largest absolute Gasteiger partial charge is 0.409 e. The number of thiophene rings is 1. The molecule has 1 rings (SSSR count). The number of hydrogen-bond donors (Lipinski definition) is 2. The second-order valence-corrected chi connectivity index (χ2v) is 4.17. The SMILES string of the molecule is N/C(CCCOCCc1cccs1)=N/O. The Bertz CT molecular complexity index is 286. The van der Waals surface area contributed by atoms with E-state index in [2.05, 4.69) is 16.6 Å². The van der Waals surface area contributed by atoms with Crippen molar-refractivity contribution >= 4 is 17.2 Å². The number of nitrogens with zero attached hydrogens (tertiary/aromatic N) is 1. The van der Waals surface area contributed by atoms with Gasteiger partial charge >= 0.3 is 0 Å². The van der Waals surface area contributed by atoms with E-state index in [0.717, 1.165) is 19.4 Å². The normalized spacial score (nSPS) is 11.9. The first-order valence-corrected chi connectivity index (χ1v) is 5.77. The van der Waals surface area contributed by atoms with Crippen LogP contribution in [0, 0.1) is 0 Å². The molecule has 0 saturated heterocycles. The van der Waals surface area contributed by atoms with Gasteiger partial charge in [0.25, 0.3) is 0 Å². The van der Waals surface area contributed by atoms with Crippen LogP contribution in [-0.4, -0.2) is 24.3 Å². The molecular weight excluding hydrogens is 212 g/mol. The predicted octanol–water partition coefficient (Wildman–Crippen LogP) is 1.83. The number of amidine groups is 1. The summed E-state index contributed by atoms with van der Waals surface area (Å²) in [4.78, 5) is 1.34. The van der Waals surface area contributed by atoms with E-state index in [0.29, 0.717) is 13.0 Å². The van der Waals surface area contributed by atoms with Gasteiger partial charge in [0, 0.05) is 24.3 Å². The van der Waals surface area contributed by atoms with E-state index in [1.165, 1.54) is 4.88 Å². The molecule has 0 aliphatic heterocycles. The molecule has 0 saturated carbocycles. The van der Waals surface area contributed by atoms with Gasteiger partial charge in [-0.05, 0) is 17.9 Å². The molecular formula is C10H16N2O2S. The Morgan fingerprint density at radius 1 is 1.53 bits per heavy atom. The van der Waals surface area contributed by atoms with Crippen molar-refractivity contribution in [1.82, 2.24) is 0 Å². The van der Waals surface area contributed by atoms with Crippen molar-refractivity contribution in [3.8, 4) is 0 Å². The second-order valence-electron chi connectivity index (χ2n) is 3.14. The smallest absolute Gasteiger partial charge is 0.139 e. The highest BCUT2D eigenvalue weighted by atomic mass is 32.1. The van der Waals surface area contributed by atoms with Gasteiger partial charge in [-0.25, -0.2) is 0 Å². The van der Waals surface area contributed by atoms with E-state index in [9.17, 15) is 0 Å². The zero-order chi connectivity index (χ0) is 10.9. The van der Waals surface area contributed by atoms with E-state index >= 15 is 0 Å². The molecule has 0 aromatic carbocycles. The second kappa shape index (κ2) is 7.25. The van der Waals surface area contributed by atoms with Gasteiger partial charge in [0.15, 0.2) is 0 Å². The summed E-state index contributed by atoms with van der Waals surface area (Å²) in [6.45, 7) is 1.39. The first-order valence-electron chi connectivity index (χ1n) is 4.89. The highest BCUT2D eigenvalue weighted by molar-refractivity contribution is 7.09. The fraction of sp³-hybridized carbons (Fsp3) is 0.500. The van der Waals surface area contributed by atoms with Gasteiger partial charge in [-0.15, -0.1) is 11.3 Å². The number of hydrogen-bond acceptors (Lipinski definition) is 4. The van der Waals surface area contributed by atoms with Gasteiger partial charge in [0.2, 0.25) is 0 Å². The van der Waals surface area contributed by atoms with Crippen LogP contribution < -0.4 is 5.73 Å². The van der Waals surface area contributed by atoms with Crippen LogP contribution in [0.5, 0.6) is 0 Å². The van der Waals surface area contributed by atoms with Crippen molar-refractivity contribution < 1.29 is 9.94 Å². The van der Waals surface area contributed by atoms with Crippen molar-refractivity contribution in [3.63, 3.8) is 0 Å². The molecule has 0 radical (unpaired) electrons. The fourth-order valence-electron chi connectivity index (χ4n) is 1.14. The van der Waals surface area contributed by atoms with Crippen LogP contribution in [0.3, 0.4) is 0 Å². The summed E-state index contributed by atoms with van der Waals surface area (Å²) in [6.07, 6.45) is 2.33. The van der Waals surface area contributed by atoms with E-state index in [4.69, 9.17) is 15.7 Å². The Hall–Kier alpha value is -1.07. The van der Waals surface area contributed by atoms with Crippen LogP contribution in [0.15, 0.2) is 22.7 Å². The first kappa shape index (κ1) is 12.0. The molecule has 84 valence electrons. The van der Waals surface area contributed by atoms with Crippen LogP contribution in [-0.2, 0) is 11.2 Å². The number of rotatable bonds is 7. The van der Waals surface area contributed by atoms with Gasteiger partial charge in [-0.1, -0.05) is 11.2 Å². The van der Waals surface area contributed by atoms with Crippen molar-refractivity contribution in [2.75, 3.05) is 13.2 Å². The lowest BCUT2D eigenvalue weighted by Gasteiger charge is -2.02. The topological polar surface area (TPSA) is 67.8 Å². The monoisotopic (exact) mass is 228 g/mol. The molecule has 0 bridgehead atoms. The lowest BCUT2D eigenvalue weighted by atomic mass is 10.3. The third-order valence-corrected chi connectivity index (χ3v) is 2.86. The Labute approximate surface area is 93.4 Å². The molecule has 3 N–H and O–H groups in total. The summed E-state index contributed by atoms with van der Waals surface area (Å²) in [5.74, 6) is 0.261. The van der Waals surface area contributed by atoms with Gasteiger partial charge in [0.05, 0.1) is 6.61 Å². The van der Waals surface area contributed by atoms with Crippen LogP contribution >= 0.6 is 11.3 Å². The third kappa shape index (κ3) is 5.39. The number of ether oxygens (including phenoxy) is 1. The summed E-state index contributed by atoms with van der Waals surface area (Å²) < 4.78 is 5.42. The minimum Gasteiger partial charge on any atom is -0.409 e. The summed E-state index contributed by atoms with van der Waals surface area (Å²) in [5, 5.41) is 13.2. The van der Waals surface area contributed by atoms with Gasteiger partial charge in [-0.3, -0.25) is 0 Å². The molecule has 0 amide bonds. The molecule has 0 fully saturated rings. The summed E-state index contributed by atoms with van der Waals surface area (Å²) in [5.41, 5.74) is 5.31. The summed E-state index contributed by atoms with van der Waals surface area (Å²) in [7, 11) is 0. The average Bonchev–Trinajstić information content (AvgIpc) is 2.75. The molecule has 1 aromatic heterocycles. The summed E-state index contributed by atoms with van der Waals surface area (Å²) >= 11 is 1.74. The molecule has 15 heavy (non-hydrogen) atoms. The molecule has 0 unspecified atom stereocenters. The van der Waals surface area contributed by atoms with Crippen molar-refractivity contribution in [3.05, 3.63) is 22.4 Å². The lowest BCUT2D eigenvalue weighted by molar-refractivity contribution is 0.136. The molecule has 0 spiro atoms. The van der Waals surface area contributed by atoms with Crippen molar-refractivity contribution in [2.45, 2.75) is 19.3 Å². The Balaban J connectivity index is 1.94. The molecule has 1 aromatic rings. The quantitative estimate of drug-likeness (QED) is 0.246. The van der Waals surface area contributed by atoms with Crippen LogP contribution in [0.4, 0.5) is 0 Å². The molecule has 1 heterocycles. The average molecular weight is 228 g/mol. The van der Waals surface area contributed by atoms with E-state index in [-0.39, 0.29) is 5.84 Å². The first-order chi connectivity index (χ1) is 7.33. The van der Waals surface area contributed by atoms with E-state index < -0.39 is 0 Å². The Kier molecular flexibility index (Phi) is 5.80. The highest BCUT2D eigenvalue weighted by Gasteiger charge is 1.95. The molecule has 4 nitrogen and oxygen atoms in total. The zero-order valence-electron chi connectivity index (χ0n) is 8.56. The fourth-order valence-corrected chi connectivity index (χ4v) is 1.83. The third-order valence-electron chi connectivity index (χ3n) is 1.92. The van der Waals surface area contributed by atoms with Crippen LogP contribution in [0.1, 0.15) is 17.7 Å². The van der Waals surface area contributed by atoms with Crippen molar-refractivity contribution in [2.24, 2.45) is 10.9 Å². The Morgan fingerprint density at radius 2 is 2.40 bits per heavy atom. The molecule has 0 atom stereocenters. The Morgan fingerprint density at radius 3 is 3.07 bits per heavy atom. The maximum absolute atomic E-state index is 8.29. The molecule has 5 heteroatoms. The van der Waals surface area contributed by atoms with Gasteiger partial charge in [0.1, 0.15) is 5.84 Å². The predicted molar refractivity (Wildman–Crippen MR) is 61.5 cm³/mol. The maximum Gasteiger partial charge on any atom is 0.139 e. The highest BCUT2D eigenvalue weighted by Crippen LogP contribution is 2.08. The molecule has 0 aliphatic rings. The number of oxime groups is 1. The molecule has 0 aliphatic carbocycles. The van der Waals surface area contributed by atoms with E-state index in [1.54, 1.807) is 11.3 Å². The zero-order valence-corrected chi connectivity index (χ0v) is 9.37. The van der Waals surface area contributed by atoms with Gasteiger partial charge < -0.3 is 15.7 Å².